The molecule has 0 aliphatic heterocycles. The summed E-state index contributed by atoms with van der Waals surface area (Å²) in [6.45, 7) is 5.44. The van der Waals surface area contributed by atoms with Crippen LogP contribution in [0, 0.1) is 0 Å². The van der Waals surface area contributed by atoms with Gasteiger partial charge in [-0.2, -0.15) is 0 Å². The molecule has 0 saturated heterocycles. The Morgan fingerprint density at radius 1 is 0.964 bits per heavy atom. The van der Waals surface area contributed by atoms with Gasteiger partial charge in [-0.05, 0) is 35.4 Å². The van der Waals surface area contributed by atoms with Crippen molar-refractivity contribution in [2.45, 2.75) is 25.8 Å². The second-order valence-corrected chi connectivity index (χ2v) is 6.86. The lowest BCUT2D eigenvalue weighted by atomic mass is 9.84. The van der Waals surface area contributed by atoms with Gasteiger partial charge in [-0.3, -0.25) is 0 Å². The third-order valence-corrected chi connectivity index (χ3v) is 4.46. The molecule has 0 aliphatic rings. The van der Waals surface area contributed by atoms with Crippen LogP contribution in [-0.4, -0.2) is 33.8 Å². The number of nitrogens with zero attached hydrogens (tertiary/aromatic N) is 1. The molecule has 28 heavy (non-hydrogen) atoms. The van der Waals surface area contributed by atoms with Crippen molar-refractivity contribution in [3.05, 3.63) is 53.6 Å². The zero-order valence-corrected chi connectivity index (χ0v) is 19.4. The zero-order chi connectivity index (χ0) is 19.9. The highest BCUT2D eigenvalue weighted by atomic mass is 127. The first-order valence-corrected chi connectivity index (χ1v) is 8.79. The molecule has 0 radical (unpaired) electrons. The van der Waals surface area contributed by atoms with Gasteiger partial charge in [0.2, 0.25) is 0 Å². The van der Waals surface area contributed by atoms with Gasteiger partial charge in [0.25, 0.3) is 0 Å². The van der Waals surface area contributed by atoms with E-state index in [1.807, 2.05) is 30.3 Å². The van der Waals surface area contributed by atoms with Gasteiger partial charge in [0.05, 0.1) is 27.9 Å². The molecule has 0 bridgehead atoms. The summed E-state index contributed by atoms with van der Waals surface area (Å²) in [5.74, 6) is 2.62. The summed E-state index contributed by atoms with van der Waals surface area (Å²) < 4.78 is 15.8. The monoisotopic (exact) mass is 499 g/mol. The molecule has 154 valence electrons. The smallest absolute Gasteiger partial charge is 0.188 e. The van der Waals surface area contributed by atoms with Crippen molar-refractivity contribution in [1.82, 2.24) is 5.32 Å². The normalized spacial score (nSPS) is 11.4. The van der Waals surface area contributed by atoms with Crippen molar-refractivity contribution in [2.24, 2.45) is 10.7 Å². The van der Waals surface area contributed by atoms with Gasteiger partial charge in [0.1, 0.15) is 5.75 Å². The van der Waals surface area contributed by atoms with Crippen LogP contribution in [-0.2, 0) is 12.0 Å². The molecular weight excluding hydrogens is 469 g/mol. The van der Waals surface area contributed by atoms with Crippen LogP contribution in [0.5, 0.6) is 17.2 Å². The van der Waals surface area contributed by atoms with Crippen LogP contribution in [0.15, 0.2) is 47.5 Å². The van der Waals surface area contributed by atoms with Crippen LogP contribution in [0.25, 0.3) is 0 Å². The van der Waals surface area contributed by atoms with E-state index in [0.29, 0.717) is 30.5 Å². The highest BCUT2D eigenvalue weighted by Gasteiger charge is 2.20. The van der Waals surface area contributed by atoms with E-state index in [4.69, 9.17) is 19.9 Å². The number of hydrogen-bond acceptors (Lipinski definition) is 4. The number of nitrogens with one attached hydrogen (secondary N) is 1. The Labute approximate surface area is 184 Å². The van der Waals surface area contributed by atoms with Crippen LogP contribution >= 0.6 is 24.0 Å². The van der Waals surface area contributed by atoms with Gasteiger partial charge in [-0.25, -0.2) is 4.99 Å². The van der Waals surface area contributed by atoms with Crippen molar-refractivity contribution < 1.29 is 14.2 Å². The van der Waals surface area contributed by atoms with E-state index in [1.165, 1.54) is 5.56 Å². The number of hydrogen-bond donors (Lipinski definition) is 2. The van der Waals surface area contributed by atoms with Gasteiger partial charge in [0, 0.05) is 12.0 Å². The fourth-order valence-corrected chi connectivity index (χ4v) is 2.67. The second-order valence-electron chi connectivity index (χ2n) is 6.86. The maximum absolute atomic E-state index is 6.04. The Morgan fingerprint density at radius 3 is 2.18 bits per heavy atom. The fraction of sp³-hybridized carbons (Fsp3) is 0.381. The lowest BCUT2D eigenvalue weighted by Gasteiger charge is -2.26. The molecule has 6 nitrogen and oxygen atoms in total. The minimum absolute atomic E-state index is 0. The van der Waals surface area contributed by atoms with E-state index in [-0.39, 0.29) is 29.4 Å². The molecule has 0 heterocycles. The van der Waals surface area contributed by atoms with Crippen LogP contribution in [0.3, 0.4) is 0 Å². The average molecular weight is 499 g/mol. The molecule has 0 saturated carbocycles. The molecule has 2 rings (SSSR count). The summed E-state index contributed by atoms with van der Waals surface area (Å²) in [5.41, 5.74) is 8.13. The quantitative estimate of drug-likeness (QED) is 0.329. The zero-order valence-electron chi connectivity index (χ0n) is 17.1. The van der Waals surface area contributed by atoms with Gasteiger partial charge < -0.3 is 25.3 Å². The number of halogens is 1. The van der Waals surface area contributed by atoms with E-state index in [1.54, 1.807) is 21.3 Å². The Balaban J connectivity index is 0.00000392. The maximum Gasteiger partial charge on any atom is 0.188 e. The molecule has 2 aromatic rings. The lowest BCUT2D eigenvalue weighted by Crippen LogP contribution is -2.40. The van der Waals surface area contributed by atoms with Crippen molar-refractivity contribution in [3.63, 3.8) is 0 Å². The summed E-state index contributed by atoms with van der Waals surface area (Å²) in [4.78, 5) is 4.42. The van der Waals surface area contributed by atoms with E-state index in [2.05, 4.69) is 36.3 Å². The van der Waals surface area contributed by atoms with Crippen LogP contribution < -0.4 is 25.3 Å². The lowest BCUT2D eigenvalue weighted by molar-refractivity contribution is 0.354. The molecule has 0 fully saturated rings. The van der Waals surface area contributed by atoms with Gasteiger partial charge in [0.15, 0.2) is 17.5 Å². The Bertz CT molecular complexity index is 777. The van der Waals surface area contributed by atoms with Crippen LogP contribution in [0.2, 0.25) is 0 Å². The van der Waals surface area contributed by atoms with Gasteiger partial charge in [-0.1, -0.05) is 32.0 Å². The molecule has 0 aliphatic carbocycles. The molecule has 7 heteroatoms. The standard InChI is InChI=1S/C21H29N3O3.HI/c1-21(2,16-7-9-17(25-3)10-8-16)14-24-20(22)23-13-15-6-11-18(26-4)19(12-15)27-5;/h6-12H,13-14H2,1-5H3,(H3,22,23,24);1H. The van der Waals surface area contributed by atoms with E-state index >= 15 is 0 Å². The number of rotatable bonds is 8. The predicted octanol–water partition coefficient (Wildman–Crippen LogP) is 3.71. The van der Waals surface area contributed by atoms with Crippen molar-refractivity contribution in [3.8, 4) is 17.2 Å². The minimum Gasteiger partial charge on any atom is -0.497 e. The molecule has 0 atom stereocenters. The summed E-state index contributed by atoms with van der Waals surface area (Å²) in [5, 5.41) is 3.21. The van der Waals surface area contributed by atoms with E-state index < -0.39 is 0 Å². The van der Waals surface area contributed by atoms with Crippen molar-refractivity contribution in [1.29, 1.82) is 0 Å². The topological polar surface area (TPSA) is 78.1 Å². The summed E-state index contributed by atoms with van der Waals surface area (Å²) >= 11 is 0. The van der Waals surface area contributed by atoms with Crippen molar-refractivity contribution >= 4 is 29.9 Å². The highest BCUT2D eigenvalue weighted by Crippen LogP contribution is 2.28. The highest BCUT2D eigenvalue weighted by molar-refractivity contribution is 14.0. The third kappa shape index (κ3) is 6.47. The Hall–Kier alpha value is -2.16. The number of guanidine groups is 1. The molecular formula is C21H30IN3O3. The molecule has 0 aromatic heterocycles. The second kappa shape index (κ2) is 11.0. The first-order chi connectivity index (χ1) is 12.9. The Morgan fingerprint density at radius 2 is 1.61 bits per heavy atom. The number of aliphatic imine (C=N–C) groups is 1. The molecule has 0 amide bonds. The van der Waals surface area contributed by atoms with Crippen molar-refractivity contribution in [2.75, 3.05) is 27.9 Å². The van der Waals surface area contributed by atoms with Gasteiger partial charge >= 0.3 is 0 Å². The first kappa shape index (κ1) is 23.9. The summed E-state index contributed by atoms with van der Waals surface area (Å²) in [6, 6.07) is 13.8. The molecule has 0 unspecified atom stereocenters. The van der Waals surface area contributed by atoms with E-state index in [9.17, 15) is 0 Å². The van der Waals surface area contributed by atoms with Crippen LogP contribution in [0.4, 0.5) is 0 Å². The number of ether oxygens (including phenoxy) is 3. The number of methoxy groups -OCH3 is 3. The minimum atomic E-state index is -0.101. The summed E-state index contributed by atoms with van der Waals surface area (Å²) in [6.07, 6.45) is 0. The first-order valence-electron chi connectivity index (χ1n) is 8.79. The maximum atomic E-state index is 6.04. The predicted molar refractivity (Wildman–Crippen MR) is 124 cm³/mol. The third-order valence-electron chi connectivity index (χ3n) is 4.46. The largest absolute Gasteiger partial charge is 0.497 e. The van der Waals surface area contributed by atoms with Gasteiger partial charge in [-0.15, -0.1) is 24.0 Å². The summed E-state index contributed by atoms with van der Waals surface area (Å²) in [7, 11) is 4.89. The average Bonchev–Trinajstić information content (AvgIpc) is 2.70. The molecule has 2 aromatic carbocycles. The SMILES string of the molecule is COc1ccc(C(C)(C)CNC(N)=NCc2ccc(OC)c(OC)c2)cc1.I. The Kier molecular flexibility index (Phi) is 9.37. The number of benzene rings is 2. The van der Waals surface area contributed by atoms with Crippen LogP contribution in [0.1, 0.15) is 25.0 Å². The molecule has 3 N–H and O–H groups in total. The molecule has 0 spiro atoms. The number of nitrogens with two attached hydrogens (primary N) is 1. The fourth-order valence-electron chi connectivity index (χ4n) is 2.67. The van der Waals surface area contributed by atoms with E-state index in [0.717, 1.165) is 11.3 Å².